The molecule has 0 spiro atoms. The first kappa shape index (κ1) is 15.2. The van der Waals surface area contributed by atoms with E-state index in [0.29, 0.717) is 5.75 Å². The molecule has 9 nitrogen and oxygen atoms in total. The lowest BCUT2D eigenvalue weighted by Gasteiger charge is -2.09. The smallest absolute Gasteiger partial charge is 0.269 e. The average Bonchev–Trinajstić information content (AvgIpc) is 2.93. The molecule has 0 aliphatic heterocycles. The summed E-state index contributed by atoms with van der Waals surface area (Å²) in [6, 6.07) is 9.23. The largest absolute Gasteiger partial charge is 0.507 e. The van der Waals surface area contributed by atoms with Crippen LogP contribution in [0, 0.1) is 10.1 Å². The Hall–Kier alpha value is -3.75. The zero-order valence-corrected chi connectivity index (χ0v) is 12.0. The first-order valence-corrected chi connectivity index (χ1v) is 6.65. The number of nitro benzene ring substituents is 1. The molecule has 0 saturated heterocycles. The third-order valence-electron chi connectivity index (χ3n) is 3.13. The highest BCUT2D eigenvalue weighted by molar-refractivity contribution is 5.75. The number of benzene rings is 2. The van der Waals surface area contributed by atoms with Crippen molar-refractivity contribution in [2.75, 3.05) is 5.73 Å². The van der Waals surface area contributed by atoms with Crippen LogP contribution in [0.3, 0.4) is 0 Å². The van der Waals surface area contributed by atoms with Gasteiger partial charge in [0.05, 0.1) is 4.92 Å². The van der Waals surface area contributed by atoms with Crippen LogP contribution in [-0.4, -0.2) is 20.3 Å². The van der Waals surface area contributed by atoms with Crippen LogP contribution in [0.15, 0.2) is 47.0 Å². The van der Waals surface area contributed by atoms with Crippen molar-refractivity contribution in [1.82, 2.24) is 5.16 Å². The van der Waals surface area contributed by atoms with Gasteiger partial charge in [-0.2, -0.15) is 0 Å². The Morgan fingerprint density at radius 1 is 1.08 bits per heavy atom. The molecule has 0 atom stereocenters. The highest BCUT2D eigenvalue weighted by atomic mass is 16.6. The SMILES string of the molecule is Nc1cc(-c2c(O)cc(Oc3ccc([N+](=O)[O-])cc3)cc2O)on1. The number of hydrogen-bond acceptors (Lipinski definition) is 8. The number of ether oxygens (including phenoxy) is 1. The summed E-state index contributed by atoms with van der Waals surface area (Å²) >= 11 is 0. The molecule has 0 saturated carbocycles. The normalized spacial score (nSPS) is 10.5. The molecule has 3 rings (SSSR count). The van der Waals surface area contributed by atoms with Gasteiger partial charge in [0, 0.05) is 30.3 Å². The Kier molecular flexibility index (Phi) is 3.66. The Bertz CT molecular complexity index is 881. The number of phenolic OH excluding ortho intramolecular Hbond substituents is 2. The Morgan fingerprint density at radius 2 is 1.71 bits per heavy atom. The van der Waals surface area contributed by atoms with E-state index in [1.54, 1.807) is 0 Å². The number of rotatable bonds is 4. The molecular weight excluding hydrogens is 318 g/mol. The lowest BCUT2D eigenvalue weighted by atomic mass is 10.1. The molecule has 4 N–H and O–H groups in total. The third-order valence-corrected chi connectivity index (χ3v) is 3.13. The number of non-ortho nitro benzene ring substituents is 1. The monoisotopic (exact) mass is 329 g/mol. The van der Waals surface area contributed by atoms with Gasteiger partial charge in [-0.3, -0.25) is 10.1 Å². The fourth-order valence-electron chi connectivity index (χ4n) is 2.08. The van der Waals surface area contributed by atoms with Crippen molar-refractivity contribution in [2.24, 2.45) is 0 Å². The lowest BCUT2D eigenvalue weighted by molar-refractivity contribution is -0.384. The standard InChI is InChI=1S/C15H11N3O6/c16-14-7-13(24-17-14)15-11(19)5-10(6-12(15)20)23-9-3-1-8(2-4-9)18(21)22/h1-7,19-20H,(H2,16,17). The van der Waals surface area contributed by atoms with E-state index >= 15 is 0 Å². The van der Waals surface area contributed by atoms with Crippen molar-refractivity contribution >= 4 is 11.5 Å². The minimum Gasteiger partial charge on any atom is -0.507 e. The number of hydrogen-bond donors (Lipinski definition) is 3. The maximum atomic E-state index is 10.6. The molecule has 122 valence electrons. The molecule has 1 heterocycles. The van der Waals surface area contributed by atoms with Gasteiger partial charge < -0.3 is 25.2 Å². The zero-order chi connectivity index (χ0) is 17.3. The highest BCUT2D eigenvalue weighted by Gasteiger charge is 2.17. The maximum Gasteiger partial charge on any atom is 0.269 e. The van der Waals surface area contributed by atoms with Crippen molar-refractivity contribution in [1.29, 1.82) is 0 Å². The fourth-order valence-corrected chi connectivity index (χ4v) is 2.08. The lowest BCUT2D eigenvalue weighted by Crippen LogP contribution is -1.89. The van der Waals surface area contributed by atoms with Crippen molar-refractivity contribution in [2.45, 2.75) is 0 Å². The Morgan fingerprint density at radius 3 is 2.21 bits per heavy atom. The van der Waals surface area contributed by atoms with E-state index in [4.69, 9.17) is 15.0 Å². The van der Waals surface area contributed by atoms with Gasteiger partial charge in [-0.15, -0.1) is 0 Å². The number of nitrogens with zero attached hydrogens (tertiary/aromatic N) is 2. The van der Waals surface area contributed by atoms with Crippen LogP contribution in [0.1, 0.15) is 0 Å². The summed E-state index contributed by atoms with van der Waals surface area (Å²) in [5.74, 6) is 0.0386. The molecule has 0 unspecified atom stereocenters. The molecule has 9 heteroatoms. The van der Waals surface area contributed by atoms with Gasteiger partial charge in [-0.1, -0.05) is 5.16 Å². The molecule has 0 amide bonds. The van der Waals surface area contributed by atoms with Crippen LogP contribution in [0.5, 0.6) is 23.0 Å². The van der Waals surface area contributed by atoms with Crippen LogP contribution in [0.2, 0.25) is 0 Å². The van der Waals surface area contributed by atoms with Crippen LogP contribution in [0.4, 0.5) is 11.5 Å². The van der Waals surface area contributed by atoms with Crippen molar-refractivity contribution in [3.8, 4) is 34.3 Å². The summed E-state index contributed by atoms with van der Waals surface area (Å²) in [4.78, 5) is 10.1. The molecular formula is C15H11N3O6. The first-order valence-electron chi connectivity index (χ1n) is 6.65. The molecule has 0 aliphatic carbocycles. The number of nitrogen functional groups attached to an aromatic ring is 1. The predicted molar refractivity (Wildman–Crippen MR) is 82.9 cm³/mol. The second-order valence-corrected chi connectivity index (χ2v) is 4.81. The molecule has 0 fully saturated rings. The van der Waals surface area contributed by atoms with Gasteiger partial charge in [0.1, 0.15) is 28.6 Å². The summed E-state index contributed by atoms with van der Waals surface area (Å²) in [5.41, 5.74) is 5.39. The topological polar surface area (TPSA) is 145 Å². The molecule has 1 aromatic heterocycles. The summed E-state index contributed by atoms with van der Waals surface area (Å²) in [6.07, 6.45) is 0. The van der Waals surface area contributed by atoms with E-state index in [2.05, 4.69) is 5.16 Å². The Balaban J connectivity index is 1.89. The van der Waals surface area contributed by atoms with Crippen LogP contribution in [0.25, 0.3) is 11.3 Å². The van der Waals surface area contributed by atoms with Gasteiger partial charge in [-0.25, -0.2) is 0 Å². The zero-order valence-electron chi connectivity index (χ0n) is 12.0. The molecule has 24 heavy (non-hydrogen) atoms. The van der Waals surface area contributed by atoms with E-state index in [1.807, 2.05) is 0 Å². The Labute approximate surface area is 134 Å². The second-order valence-electron chi connectivity index (χ2n) is 4.81. The molecule has 0 aliphatic rings. The van der Waals surface area contributed by atoms with Crippen molar-refractivity contribution < 1.29 is 24.4 Å². The number of aromatic hydroxyl groups is 2. The van der Waals surface area contributed by atoms with E-state index in [9.17, 15) is 20.3 Å². The number of phenols is 2. The third kappa shape index (κ3) is 2.90. The van der Waals surface area contributed by atoms with E-state index < -0.39 is 4.92 Å². The van der Waals surface area contributed by atoms with E-state index in [1.165, 1.54) is 42.5 Å². The average molecular weight is 329 g/mol. The minimum absolute atomic E-state index is 0.0234. The van der Waals surface area contributed by atoms with Gasteiger partial charge in [0.15, 0.2) is 11.6 Å². The summed E-state index contributed by atoms with van der Waals surface area (Å²) < 4.78 is 10.4. The molecule has 0 radical (unpaired) electrons. The molecule has 0 bridgehead atoms. The number of nitro groups is 1. The number of nitrogens with two attached hydrogens (primary N) is 1. The summed E-state index contributed by atoms with van der Waals surface area (Å²) in [7, 11) is 0. The minimum atomic E-state index is -0.528. The summed E-state index contributed by atoms with van der Waals surface area (Å²) in [5, 5.41) is 34.2. The number of anilines is 1. The molecule has 2 aromatic carbocycles. The van der Waals surface area contributed by atoms with Crippen molar-refractivity contribution in [3.63, 3.8) is 0 Å². The van der Waals surface area contributed by atoms with Gasteiger partial charge in [0.25, 0.3) is 5.69 Å². The highest BCUT2D eigenvalue weighted by Crippen LogP contribution is 2.42. The van der Waals surface area contributed by atoms with Crippen LogP contribution < -0.4 is 10.5 Å². The van der Waals surface area contributed by atoms with E-state index in [-0.39, 0.29) is 40.1 Å². The quantitative estimate of drug-likeness (QED) is 0.489. The predicted octanol–water partition coefficient (Wildman–Crippen LogP) is 3.04. The fraction of sp³-hybridized carbons (Fsp3) is 0. The van der Waals surface area contributed by atoms with Gasteiger partial charge in [-0.05, 0) is 12.1 Å². The van der Waals surface area contributed by atoms with Crippen LogP contribution >= 0.6 is 0 Å². The van der Waals surface area contributed by atoms with Gasteiger partial charge in [0.2, 0.25) is 0 Å². The first-order chi connectivity index (χ1) is 11.4. The van der Waals surface area contributed by atoms with E-state index in [0.717, 1.165) is 0 Å². The summed E-state index contributed by atoms with van der Waals surface area (Å²) in [6.45, 7) is 0. The van der Waals surface area contributed by atoms with Crippen molar-refractivity contribution in [3.05, 3.63) is 52.6 Å². The van der Waals surface area contributed by atoms with Crippen LogP contribution in [-0.2, 0) is 0 Å². The second kappa shape index (κ2) is 5.80. The van der Waals surface area contributed by atoms with Gasteiger partial charge >= 0.3 is 0 Å². The maximum absolute atomic E-state index is 10.6. The molecule has 3 aromatic rings. The number of aromatic nitrogens is 1.